The zero-order valence-corrected chi connectivity index (χ0v) is 14.8. The Bertz CT molecular complexity index is 1060. The molecule has 5 heterocycles. The molecule has 4 aromatic rings. The van der Waals surface area contributed by atoms with E-state index in [4.69, 9.17) is 9.15 Å². The van der Waals surface area contributed by atoms with E-state index in [0.29, 0.717) is 17.7 Å². The molecule has 2 N–H and O–H groups in total. The number of H-pyrrole nitrogens is 1. The van der Waals surface area contributed by atoms with E-state index in [1.807, 2.05) is 23.9 Å². The second-order valence-electron chi connectivity index (χ2n) is 6.61. The van der Waals surface area contributed by atoms with Crippen molar-refractivity contribution in [2.45, 2.75) is 25.8 Å². The highest BCUT2D eigenvalue weighted by atomic mass is 16.5. The lowest BCUT2D eigenvalue weighted by Crippen LogP contribution is -2.19. The monoisotopic (exact) mass is 365 g/mol. The molecule has 1 fully saturated rings. The standard InChI is InChI=1S/C18H19N7O2/c1-11-15(9-25(24-11)13-3-6-26-7-4-13)21-18-16-14(8-19-23-16)20-17(22-18)12-2-5-27-10-12/h2,5,8-10,13H,3-4,6-7H2,1H3,(H,19,23)(H,20,21,22). The predicted molar refractivity (Wildman–Crippen MR) is 98.7 cm³/mol. The van der Waals surface area contributed by atoms with Crippen LogP contribution in [-0.2, 0) is 4.74 Å². The number of rotatable bonds is 4. The lowest BCUT2D eigenvalue weighted by Gasteiger charge is -2.22. The zero-order valence-electron chi connectivity index (χ0n) is 14.8. The van der Waals surface area contributed by atoms with Gasteiger partial charge in [0.25, 0.3) is 0 Å². The average Bonchev–Trinajstić information content (AvgIpc) is 3.43. The van der Waals surface area contributed by atoms with Gasteiger partial charge in [0.15, 0.2) is 11.6 Å². The van der Waals surface area contributed by atoms with Crippen molar-refractivity contribution in [1.82, 2.24) is 29.9 Å². The van der Waals surface area contributed by atoms with E-state index in [2.05, 4.69) is 30.6 Å². The maximum atomic E-state index is 5.45. The number of aryl methyl sites for hydroxylation is 1. The third-order valence-electron chi connectivity index (χ3n) is 4.81. The minimum absolute atomic E-state index is 0.368. The Balaban J connectivity index is 1.51. The Morgan fingerprint density at radius 1 is 1.26 bits per heavy atom. The molecule has 0 saturated carbocycles. The quantitative estimate of drug-likeness (QED) is 0.572. The molecule has 0 bridgehead atoms. The number of aromatic nitrogens is 6. The van der Waals surface area contributed by atoms with Crippen LogP contribution >= 0.6 is 0 Å². The molecular formula is C18H19N7O2. The number of hydrogen-bond acceptors (Lipinski definition) is 7. The van der Waals surface area contributed by atoms with Crippen molar-refractivity contribution in [2.75, 3.05) is 18.5 Å². The number of ether oxygens (including phenoxy) is 1. The summed E-state index contributed by atoms with van der Waals surface area (Å²) in [5.41, 5.74) is 4.13. The molecule has 0 spiro atoms. The highest BCUT2D eigenvalue weighted by Gasteiger charge is 2.19. The van der Waals surface area contributed by atoms with Crippen LogP contribution in [0.4, 0.5) is 11.5 Å². The highest BCUT2D eigenvalue weighted by molar-refractivity contribution is 5.88. The van der Waals surface area contributed by atoms with Gasteiger partial charge in [0.1, 0.15) is 17.3 Å². The van der Waals surface area contributed by atoms with E-state index in [0.717, 1.165) is 54.0 Å². The lowest BCUT2D eigenvalue weighted by molar-refractivity contribution is 0.0662. The molecule has 0 radical (unpaired) electrons. The van der Waals surface area contributed by atoms with Gasteiger partial charge >= 0.3 is 0 Å². The van der Waals surface area contributed by atoms with Gasteiger partial charge in [-0.25, -0.2) is 9.97 Å². The molecule has 0 amide bonds. The predicted octanol–water partition coefficient (Wildman–Crippen LogP) is 3.21. The van der Waals surface area contributed by atoms with Crippen LogP contribution in [0.3, 0.4) is 0 Å². The van der Waals surface area contributed by atoms with E-state index in [9.17, 15) is 0 Å². The van der Waals surface area contributed by atoms with Crippen molar-refractivity contribution < 1.29 is 9.15 Å². The van der Waals surface area contributed by atoms with E-state index in [1.54, 1.807) is 18.7 Å². The minimum Gasteiger partial charge on any atom is -0.472 e. The number of aromatic amines is 1. The zero-order chi connectivity index (χ0) is 18.2. The fraction of sp³-hybridized carbons (Fsp3) is 0.333. The van der Waals surface area contributed by atoms with Crippen LogP contribution in [0.25, 0.3) is 22.4 Å². The lowest BCUT2D eigenvalue weighted by atomic mass is 10.1. The first-order chi connectivity index (χ1) is 13.3. The summed E-state index contributed by atoms with van der Waals surface area (Å²) in [6.07, 6.45) is 8.90. The van der Waals surface area contributed by atoms with Gasteiger partial charge in [0.05, 0.1) is 35.4 Å². The van der Waals surface area contributed by atoms with Gasteiger partial charge in [-0.1, -0.05) is 0 Å². The van der Waals surface area contributed by atoms with E-state index in [-0.39, 0.29) is 0 Å². The fourth-order valence-corrected chi connectivity index (χ4v) is 3.32. The summed E-state index contributed by atoms with van der Waals surface area (Å²) in [7, 11) is 0. The summed E-state index contributed by atoms with van der Waals surface area (Å²) in [6.45, 7) is 3.54. The maximum absolute atomic E-state index is 5.45. The number of anilines is 2. The van der Waals surface area contributed by atoms with Gasteiger partial charge in [-0.05, 0) is 25.8 Å². The third kappa shape index (κ3) is 2.95. The SMILES string of the molecule is Cc1nn(C2CCOCC2)cc1Nc1nc(-c2ccoc2)nc2cn[nH]c12. The first kappa shape index (κ1) is 16.0. The highest BCUT2D eigenvalue weighted by Crippen LogP contribution is 2.29. The number of furan rings is 1. The Kier molecular flexibility index (Phi) is 3.86. The summed E-state index contributed by atoms with van der Waals surface area (Å²) >= 11 is 0. The Morgan fingerprint density at radius 2 is 2.15 bits per heavy atom. The molecule has 1 aliphatic rings. The number of hydrogen-bond donors (Lipinski definition) is 2. The van der Waals surface area contributed by atoms with Crippen LogP contribution in [0.1, 0.15) is 24.6 Å². The second-order valence-corrected chi connectivity index (χ2v) is 6.61. The summed E-state index contributed by atoms with van der Waals surface area (Å²) in [4.78, 5) is 9.20. The summed E-state index contributed by atoms with van der Waals surface area (Å²) in [5.74, 6) is 1.23. The van der Waals surface area contributed by atoms with Gasteiger partial charge in [-0.3, -0.25) is 9.78 Å². The molecule has 9 heteroatoms. The van der Waals surface area contributed by atoms with Gasteiger partial charge in [0.2, 0.25) is 0 Å². The van der Waals surface area contributed by atoms with Crippen LogP contribution in [0.2, 0.25) is 0 Å². The molecule has 1 saturated heterocycles. The molecule has 0 unspecified atom stereocenters. The van der Waals surface area contributed by atoms with Crippen LogP contribution in [0, 0.1) is 6.92 Å². The second kappa shape index (κ2) is 6.51. The topological polar surface area (TPSA) is 107 Å². The first-order valence-electron chi connectivity index (χ1n) is 8.92. The summed E-state index contributed by atoms with van der Waals surface area (Å²) < 4.78 is 12.6. The average molecular weight is 365 g/mol. The molecule has 27 heavy (non-hydrogen) atoms. The van der Waals surface area contributed by atoms with Crippen LogP contribution in [0.5, 0.6) is 0 Å². The van der Waals surface area contributed by atoms with E-state index >= 15 is 0 Å². The first-order valence-corrected chi connectivity index (χ1v) is 8.92. The van der Waals surface area contributed by atoms with Crippen molar-refractivity contribution in [3.8, 4) is 11.4 Å². The number of fused-ring (bicyclic) bond motifs is 1. The molecule has 4 aromatic heterocycles. The van der Waals surface area contributed by atoms with Gasteiger partial charge in [0, 0.05) is 19.4 Å². The van der Waals surface area contributed by atoms with Crippen molar-refractivity contribution in [3.05, 3.63) is 36.7 Å². The molecule has 0 aromatic carbocycles. The Morgan fingerprint density at radius 3 is 2.96 bits per heavy atom. The van der Waals surface area contributed by atoms with Crippen molar-refractivity contribution in [2.24, 2.45) is 0 Å². The molecular weight excluding hydrogens is 346 g/mol. The largest absolute Gasteiger partial charge is 0.472 e. The third-order valence-corrected chi connectivity index (χ3v) is 4.81. The molecule has 9 nitrogen and oxygen atoms in total. The molecule has 5 rings (SSSR count). The van der Waals surface area contributed by atoms with Gasteiger partial charge in [-0.2, -0.15) is 10.2 Å². The minimum atomic E-state index is 0.368. The number of nitrogens with one attached hydrogen (secondary N) is 2. The van der Waals surface area contributed by atoms with Gasteiger partial charge < -0.3 is 14.5 Å². The van der Waals surface area contributed by atoms with Crippen LogP contribution in [-0.4, -0.2) is 43.2 Å². The van der Waals surface area contributed by atoms with Crippen molar-refractivity contribution in [1.29, 1.82) is 0 Å². The molecule has 1 aliphatic heterocycles. The van der Waals surface area contributed by atoms with Crippen molar-refractivity contribution in [3.63, 3.8) is 0 Å². The fourth-order valence-electron chi connectivity index (χ4n) is 3.32. The van der Waals surface area contributed by atoms with E-state index in [1.165, 1.54) is 0 Å². The Labute approximate surface area is 154 Å². The Hall–Kier alpha value is -3.20. The maximum Gasteiger partial charge on any atom is 0.165 e. The van der Waals surface area contributed by atoms with E-state index < -0.39 is 0 Å². The van der Waals surface area contributed by atoms with Crippen molar-refractivity contribution >= 4 is 22.5 Å². The molecule has 0 atom stereocenters. The van der Waals surface area contributed by atoms with Gasteiger partial charge in [-0.15, -0.1) is 0 Å². The molecule has 0 aliphatic carbocycles. The summed E-state index contributed by atoms with van der Waals surface area (Å²) in [5, 5.41) is 15.1. The normalized spacial score (nSPS) is 15.4. The summed E-state index contributed by atoms with van der Waals surface area (Å²) in [6, 6.07) is 2.20. The van der Waals surface area contributed by atoms with Crippen LogP contribution in [0.15, 0.2) is 35.4 Å². The smallest absolute Gasteiger partial charge is 0.165 e. The number of nitrogens with zero attached hydrogens (tertiary/aromatic N) is 5. The molecule has 138 valence electrons. The van der Waals surface area contributed by atoms with Crippen LogP contribution < -0.4 is 5.32 Å².